The van der Waals surface area contributed by atoms with E-state index in [-0.39, 0.29) is 12.1 Å². The van der Waals surface area contributed by atoms with Crippen LogP contribution in [0.2, 0.25) is 0 Å². The summed E-state index contributed by atoms with van der Waals surface area (Å²) in [6, 6.07) is 1.33. The Kier molecular flexibility index (Phi) is 5.88. The van der Waals surface area contributed by atoms with E-state index in [1.807, 2.05) is 0 Å². The van der Waals surface area contributed by atoms with Crippen molar-refractivity contribution in [2.24, 2.45) is 5.92 Å². The van der Waals surface area contributed by atoms with Gasteiger partial charge in [0, 0.05) is 24.2 Å². The van der Waals surface area contributed by atoms with Crippen LogP contribution in [0.5, 0.6) is 0 Å². The van der Waals surface area contributed by atoms with E-state index in [1.54, 1.807) is 0 Å². The maximum absolute atomic E-state index is 9.81. The molecule has 0 aromatic heterocycles. The van der Waals surface area contributed by atoms with E-state index < -0.39 is 0 Å². The first kappa shape index (κ1) is 16.3. The quantitative estimate of drug-likeness (QED) is 0.612. The topological polar surface area (TPSA) is 35.5 Å². The third-order valence-corrected chi connectivity index (χ3v) is 5.09. The van der Waals surface area contributed by atoms with Crippen LogP contribution in [0.4, 0.5) is 0 Å². The summed E-state index contributed by atoms with van der Waals surface area (Å²) in [6.45, 7) is 9.57. The molecule has 0 saturated heterocycles. The van der Waals surface area contributed by atoms with Gasteiger partial charge in [0.15, 0.2) is 0 Å². The zero-order valence-corrected chi connectivity index (χ0v) is 13.7. The highest BCUT2D eigenvalue weighted by Crippen LogP contribution is 2.31. The summed E-state index contributed by atoms with van der Waals surface area (Å²) in [5.74, 6) is 0.968. The van der Waals surface area contributed by atoms with Gasteiger partial charge in [-0.1, -0.05) is 6.92 Å². The maximum Gasteiger partial charge on any atom is 0.0613 e. The average molecular weight is 282 g/mol. The number of hydrogen-bond donors (Lipinski definition) is 2. The van der Waals surface area contributed by atoms with Crippen molar-refractivity contribution in [3.05, 3.63) is 0 Å². The number of aliphatic hydroxyl groups is 1. The van der Waals surface area contributed by atoms with Gasteiger partial charge in [-0.25, -0.2) is 0 Å². The van der Waals surface area contributed by atoms with Gasteiger partial charge in [-0.15, -0.1) is 0 Å². The lowest BCUT2D eigenvalue weighted by Crippen LogP contribution is -2.49. The van der Waals surface area contributed by atoms with E-state index in [0.29, 0.717) is 12.1 Å². The van der Waals surface area contributed by atoms with Crippen molar-refractivity contribution in [1.29, 1.82) is 0 Å². The molecule has 1 atom stereocenters. The summed E-state index contributed by atoms with van der Waals surface area (Å²) in [7, 11) is 0. The molecule has 0 spiro atoms. The molecule has 0 aliphatic heterocycles. The first-order valence-electron chi connectivity index (χ1n) is 8.71. The molecule has 2 fully saturated rings. The summed E-state index contributed by atoms with van der Waals surface area (Å²) < 4.78 is 0. The molecule has 2 N–H and O–H groups in total. The molecule has 1 unspecified atom stereocenters. The first-order valence-corrected chi connectivity index (χ1v) is 8.71. The molecular weight excluding hydrogens is 248 g/mol. The molecule has 0 aromatic carbocycles. The molecule has 2 saturated carbocycles. The third-order valence-electron chi connectivity index (χ3n) is 5.09. The summed E-state index contributed by atoms with van der Waals surface area (Å²) in [4.78, 5) is 2.63. The lowest BCUT2D eigenvalue weighted by molar-refractivity contribution is 0.131. The number of rotatable bonds is 11. The van der Waals surface area contributed by atoms with Crippen molar-refractivity contribution in [3.63, 3.8) is 0 Å². The van der Waals surface area contributed by atoms with Crippen LogP contribution in [0.25, 0.3) is 0 Å². The average Bonchev–Trinajstić information content (AvgIpc) is 3.31. The number of hydrogen-bond acceptors (Lipinski definition) is 3. The van der Waals surface area contributed by atoms with Gasteiger partial charge in [-0.2, -0.15) is 0 Å². The Hall–Kier alpha value is -0.120. The highest BCUT2D eigenvalue weighted by molar-refractivity contribution is 4.94. The Bertz CT molecular complexity index is 281. The number of aliphatic hydroxyl groups excluding tert-OH is 1. The fourth-order valence-electron chi connectivity index (χ4n) is 3.06. The van der Waals surface area contributed by atoms with Crippen molar-refractivity contribution in [2.75, 3.05) is 19.7 Å². The third kappa shape index (κ3) is 5.01. The van der Waals surface area contributed by atoms with Crippen LogP contribution < -0.4 is 5.32 Å². The van der Waals surface area contributed by atoms with Crippen LogP contribution >= 0.6 is 0 Å². The molecule has 3 nitrogen and oxygen atoms in total. The van der Waals surface area contributed by atoms with Crippen LogP contribution in [0.15, 0.2) is 0 Å². The SMILES string of the molecule is CCC(CO)(CCCN(CC1CC1)C(C)C)NC1CC1. The van der Waals surface area contributed by atoms with Crippen molar-refractivity contribution in [2.45, 2.75) is 83.3 Å². The van der Waals surface area contributed by atoms with Gasteiger partial charge in [0.05, 0.1) is 6.61 Å². The van der Waals surface area contributed by atoms with Gasteiger partial charge < -0.3 is 15.3 Å². The van der Waals surface area contributed by atoms with E-state index in [4.69, 9.17) is 0 Å². The molecule has 2 rings (SSSR count). The lowest BCUT2D eigenvalue weighted by Gasteiger charge is -2.34. The van der Waals surface area contributed by atoms with Crippen LogP contribution in [0.3, 0.4) is 0 Å². The van der Waals surface area contributed by atoms with E-state index in [1.165, 1.54) is 45.2 Å². The van der Waals surface area contributed by atoms with E-state index in [2.05, 4.69) is 31.0 Å². The van der Waals surface area contributed by atoms with Crippen LogP contribution in [0, 0.1) is 5.92 Å². The Morgan fingerprint density at radius 1 is 1.25 bits per heavy atom. The molecule has 0 bridgehead atoms. The fraction of sp³-hybridized carbons (Fsp3) is 1.00. The predicted octanol–water partition coefficient (Wildman–Crippen LogP) is 2.78. The second-order valence-corrected chi connectivity index (χ2v) is 7.35. The minimum Gasteiger partial charge on any atom is -0.394 e. The second-order valence-electron chi connectivity index (χ2n) is 7.35. The van der Waals surface area contributed by atoms with Gasteiger partial charge in [0.25, 0.3) is 0 Å². The molecule has 2 aliphatic carbocycles. The summed E-state index contributed by atoms with van der Waals surface area (Å²) in [6.07, 6.45) is 8.78. The molecule has 0 radical (unpaired) electrons. The standard InChI is InChI=1S/C17H34N2O/c1-4-17(13-20,18-16-8-9-16)10-5-11-19(14(2)3)12-15-6-7-15/h14-16,18,20H,4-13H2,1-3H3. The maximum atomic E-state index is 9.81. The van der Waals surface area contributed by atoms with Crippen LogP contribution in [0.1, 0.15) is 65.7 Å². The predicted molar refractivity (Wildman–Crippen MR) is 84.9 cm³/mol. The van der Waals surface area contributed by atoms with Gasteiger partial charge in [-0.05, 0) is 71.3 Å². The minimum atomic E-state index is -0.0244. The highest BCUT2D eigenvalue weighted by Gasteiger charge is 2.34. The number of nitrogens with zero attached hydrogens (tertiary/aromatic N) is 1. The van der Waals surface area contributed by atoms with Crippen molar-refractivity contribution in [1.82, 2.24) is 10.2 Å². The Morgan fingerprint density at radius 3 is 2.40 bits per heavy atom. The van der Waals surface area contributed by atoms with Gasteiger partial charge >= 0.3 is 0 Å². The van der Waals surface area contributed by atoms with Crippen molar-refractivity contribution < 1.29 is 5.11 Å². The normalized spacial score (nSPS) is 22.5. The molecule has 2 aliphatic rings. The monoisotopic (exact) mass is 282 g/mol. The van der Waals surface area contributed by atoms with E-state index in [0.717, 1.165) is 18.8 Å². The van der Waals surface area contributed by atoms with Crippen molar-refractivity contribution >= 4 is 0 Å². The fourth-order valence-corrected chi connectivity index (χ4v) is 3.06. The van der Waals surface area contributed by atoms with Crippen molar-refractivity contribution in [3.8, 4) is 0 Å². The molecule has 0 heterocycles. The Morgan fingerprint density at radius 2 is 1.95 bits per heavy atom. The van der Waals surface area contributed by atoms with E-state index in [9.17, 15) is 5.11 Å². The first-order chi connectivity index (χ1) is 9.58. The summed E-state index contributed by atoms with van der Waals surface area (Å²) in [5, 5.41) is 13.5. The molecule has 0 aromatic rings. The molecule has 0 amide bonds. The van der Waals surface area contributed by atoms with Crippen LogP contribution in [-0.4, -0.2) is 47.3 Å². The molecular formula is C17H34N2O. The molecule has 118 valence electrons. The number of nitrogens with one attached hydrogen (secondary N) is 1. The summed E-state index contributed by atoms with van der Waals surface area (Å²) in [5.41, 5.74) is -0.0244. The summed E-state index contributed by atoms with van der Waals surface area (Å²) >= 11 is 0. The minimum absolute atomic E-state index is 0.0244. The van der Waals surface area contributed by atoms with Gasteiger partial charge in [0.2, 0.25) is 0 Å². The molecule has 20 heavy (non-hydrogen) atoms. The highest BCUT2D eigenvalue weighted by atomic mass is 16.3. The Balaban J connectivity index is 1.75. The zero-order chi connectivity index (χ0) is 14.6. The smallest absolute Gasteiger partial charge is 0.0613 e. The lowest BCUT2D eigenvalue weighted by atomic mass is 9.90. The van der Waals surface area contributed by atoms with E-state index >= 15 is 0 Å². The van der Waals surface area contributed by atoms with Gasteiger partial charge in [-0.3, -0.25) is 0 Å². The van der Waals surface area contributed by atoms with Crippen LogP contribution in [-0.2, 0) is 0 Å². The zero-order valence-electron chi connectivity index (χ0n) is 13.7. The molecule has 3 heteroatoms. The largest absolute Gasteiger partial charge is 0.394 e. The Labute approximate surface area is 125 Å². The van der Waals surface area contributed by atoms with Gasteiger partial charge in [0.1, 0.15) is 0 Å². The second kappa shape index (κ2) is 7.24.